The molecule has 80 valence electrons. The normalized spacial score (nSPS) is 13.1. The Balaban J connectivity index is 2.40. The highest BCUT2D eigenvalue weighted by Gasteiger charge is 2.20. The van der Waals surface area contributed by atoms with Crippen molar-refractivity contribution in [3.8, 4) is 0 Å². The van der Waals surface area contributed by atoms with E-state index in [0.29, 0.717) is 0 Å². The van der Waals surface area contributed by atoms with Gasteiger partial charge in [-0.3, -0.25) is 0 Å². The number of furan rings is 1. The van der Waals surface area contributed by atoms with Crippen LogP contribution in [0.3, 0.4) is 0 Å². The lowest BCUT2D eigenvalue weighted by molar-refractivity contribution is 0.514. The summed E-state index contributed by atoms with van der Waals surface area (Å²) < 4.78 is 6.45. The van der Waals surface area contributed by atoms with Crippen LogP contribution in [0.5, 0.6) is 0 Å². The van der Waals surface area contributed by atoms with Gasteiger partial charge in [0.1, 0.15) is 11.1 Å². The molecular formula is C11H10BrClOS. The summed E-state index contributed by atoms with van der Waals surface area (Å²) in [5.41, 5.74) is 1.09. The lowest BCUT2D eigenvalue weighted by Crippen LogP contribution is -1.90. The van der Waals surface area contributed by atoms with Crippen LogP contribution in [0.4, 0.5) is 0 Å². The molecule has 0 spiro atoms. The summed E-state index contributed by atoms with van der Waals surface area (Å²) in [7, 11) is 0. The van der Waals surface area contributed by atoms with Crippen LogP contribution in [0, 0.1) is 13.8 Å². The topological polar surface area (TPSA) is 13.1 Å². The molecule has 0 aromatic carbocycles. The van der Waals surface area contributed by atoms with Crippen molar-refractivity contribution in [2.45, 2.75) is 19.2 Å². The first-order chi connectivity index (χ1) is 7.09. The molecule has 1 atom stereocenters. The van der Waals surface area contributed by atoms with Gasteiger partial charge in [-0.25, -0.2) is 0 Å². The second kappa shape index (κ2) is 4.32. The van der Waals surface area contributed by atoms with Gasteiger partial charge >= 0.3 is 0 Å². The van der Waals surface area contributed by atoms with Crippen LogP contribution in [0.2, 0.25) is 0 Å². The molecule has 0 N–H and O–H groups in total. The number of halogens is 2. The highest BCUT2D eigenvalue weighted by molar-refractivity contribution is 9.10. The van der Waals surface area contributed by atoms with Crippen LogP contribution < -0.4 is 0 Å². The van der Waals surface area contributed by atoms with E-state index in [4.69, 9.17) is 16.0 Å². The quantitative estimate of drug-likeness (QED) is 0.708. The Labute approximate surface area is 106 Å². The van der Waals surface area contributed by atoms with Gasteiger partial charge in [0.25, 0.3) is 0 Å². The van der Waals surface area contributed by atoms with E-state index in [1.54, 1.807) is 17.6 Å². The molecule has 2 aromatic rings. The Hall–Kier alpha value is -0.250. The van der Waals surface area contributed by atoms with Crippen LogP contribution in [-0.2, 0) is 0 Å². The summed E-state index contributed by atoms with van der Waals surface area (Å²) >= 11 is 11.6. The smallest absolute Gasteiger partial charge is 0.129 e. The maximum absolute atomic E-state index is 6.38. The van der Waals surface area contributed by atoms with Gasteiger partial charge in [0.15, 0.2) is 0 Å². The zero-order valence-electron chi connectivity index (χ0n) is 8.38. The second-order valence-corrected chi connectivity index (χ2v) is 5.98. The molecule has 0 aliphatic carbocycles. The van der Waals surface area contributed by atoms with Gasteiger partial charge in [-0.05, 0) is 47.5 Å². The Bertz CT molecular complexity index is 475. The summed E-state index contributed by atoms with van der Waals surface area (Å²) in [5.74, 6) is 0.833. The van der Waals surface area contributed by atoms with Gasteiger partial charge in [-0.15, -0.1) is 22.9 Å². The monoisotopic (exact) mass is 304 g/mol. The van der Waals surface area contributed by atoms with Crippen LogP contribution in [0.15, 0.2) is 27.3 Å². The molecule has 1 unspecified atom stereocenters. The molecule has 0 amide bonds. The number of aryl methyl sites for hydroxylation is 2. The third-order valence-corrected chi connectivity index (χ3v) is 4.78. The standard InChI is InChI=1S/C11H10BrClOS/c1-6-3-4-14-10(6)9(13)11-8(12)5-7(2)15-11/h3-5,9H,1-2H3. The van der Waals surface area contributed by atoms with Crippen molar-refractivity contribution in [1.29, 1.82) is 0 Å². The molecule has 1 nitrogen and oxygen atoms in total. The van der Waals surface area contributed by atoms with Crippen LogP contribution in [0.25, 0.3) is 0 Å². The van der Waals surface area contributed by atoms with Crippen molar-refractivity contribution in [3.63, 3.8) is 0 Å². The minimum Gasteiger partial charge on any atom is -0.467 e. The van der Waals surface area contributed by atoms with Crippen molar-refractivity contribution >= 4 is 38.9 Å². The van der Waals surface area contributed by atoms with Crippen LogP contribution in [-0.4, -0.2) is 0 Å². The molecule has 0 radical (unpaired) electrons. The van der Waals surface area contributed by atoms with Gasteiger partial charge < -0.3 is 4.42 Å². The van der Waals surface area contributed by atoms with E-state index in [0.717, 1.165) is 20.7 Å². The summed E-state index contributed by atoms with van der Waals surface area (Å²) in [6.45, 7) is 4.07. The van der Waals surface area contributed by atoms with Crippen molar-refractivity contribution in [3.05, 3.63) is 43.9 Å². The molecule has 0 fully saturated rings. The van der Waals surface area contributed by atoms with Crippen molar-refractivity contribution in [2.24, 2.45) is 0 Å². The minimum atomic E-state index is -0.201. The van der Waals surface area contributed by atoms with E-state index >= 15 is 0 Å². The van der Waals surface area contributed by atoms with Gasteiger partial charge in [-0.2, -0.15) is 0 Å². The first-order valence-corrected chi connectivity index (χ1v) is 6.58. The SMILES string of the molecule is Cc1cc(Br)c(C(Cl)c2occc2C)s1. The summed E-state index contributed by atoms with van der Waals surface area (Å²) in [5, 5.41) is -0.201. The van der Waals surface area contributed by atoms with Crippen LogP contribution >= 0.6 is 38.9 Å². The summed E-state index contributed by atoms with van der Waals surface area (Å²) in [6, 6.07) is 4.01. The first-order valence-electron chi connectivity index (χ1n) is 4.53. The van der Waals surface area contributed by atoms with Crippen LogP contribution in [0.1, 0.15) is 26.5 Å². The predicted octanol–water partition coefficient (Wildman–Crippen LogP) is 5.05. The average Bonchev–Trinajstić information content (AvgIpc) is 2.71. The van der Waals surface area contributed by atoms with Crippen molar-refractivity contribution in [1.82, 2.24) is 0 Å². The fourth-order valence-electron chi connectivity index (χ4n) is 1.44. The molecule has 2 heterocycles. The molecule has 0 aliphatic heterocycles. The zero-order valence-corrected chi connectivity index (χ0v) is 11.5. The van der Waals surface area contributed by atoms with Gasteiger partial charge in [0.05, 0.1) is 6.26 Å². The van der Waals surface area contributed by atoms with E-state index in [1.165, 1.54) is 4.88 Å². The number of rotatable bonds is 2. The molecule has 0 saturated heterocycles. The molecule has 2 aromatic heterocycles. The summed E-state index contributed by atoms with van der Waals surface area (Å²) in [4.78, 5) is 2.35. The molecule has 0 aliphatic rings. The first kappa shape index (κ1) is 11.2. The molecule has 2 rings (SSSR count). The number of hydrogen-bond acceptors (Lipinski definition) is 2. The molecular weight excluding hydrogens is 296 g/mol. The third-order valence-electron chi connectivity index (χ3n) is 2.20. The largest absolute Gasteiger partial charge is 0.467 e. The lowest BCUT2D eigenvalue weighted by Gasteiger charge is -2.06. The Morgan fingerprint density at radius 1 is 1.47 bits per heavy atom. The van der Waals surface area contributed by atoms with Gasteiger partial charge in [0.2, 0.25) is 0 Å². The van der Waals surface area contributed by atoms with Crippen molar-refractivity contribution in [2.75, 3.05) is 0 Å². The maximum Gasteiger partial charge on any atom is 0.129 e. The fraction of sp³-hybridized carbons (Fsp3) is 0.273. The van der Waals surface area contributed by atoms with Gasteiger partial charge in [-0.1, -0.05) is 0 Å². The molecule has 0 bridgehead atoms. The van der Waals surface area contributed by atoms with E-state index in [2.05, 4.69) is 28.9 Å². The molecule has 0 saturated carbocycles. The van der Waals surface area contributed by atoms with E-state index < -0.39 is 0 Å². The van der Waals surface area contributed by atoms with Gasteiger partial charge in [0, 0.05) is 14.2 Å². The zero-order chi connectivity index (χ0) is 11.0. The second-order valence-electron chi connectivity index (χ2n) is 3.40. The molecule has 4 heteroatoms. The third kappa shape index (κ3) is 2.14. The highest BCUT2D eigenvalue weighted by Crippen LogP contribution is 2.40. The number of alkyl halides is 1. The van der Waals surface area contributed by atoms with E-state index in [9.17, 15) is 0 Å². The van der Waals surface area contributed by atoms with E-state index in [-0.39, 0.29) is 5.38 Å². The maximum atomic E-state index is 6.38. The summed E-state index contributed by atoms with van der Waals surface area (Å²) in [6.07, 6.45) is 1.68. The Morgan fingerprint density at radius 3 is 2.67 bits per heavy atom. The Kier molecular flexibility index (Phi) is 3.24. The number of thiophene rings is 1. The van der Waals surface area contributed by atoms with E-state index in [1.807, 2.05) is 13.0 Å². The predicted molar refractivity (Wildman–Crippen MR) is 67.9 cm³/mol. The molecule has 15 heavy (non-hydrogen) atoms. The average molecular weight is 306 g/mol. The Morgan fingerprint density at radius 2 is 2.20 bits per heavy atom. The lowest BCUT2D eigenvalue weighted by atomic mass is 10.2. The highest BCUT2D eigenvalue weighted by atomic mass is 79.9. The minimum absolute atomic E-state index is 0.201. The number of hydrogen-bond donors (Lipinski definition) is 0. The van der Waals surface area contributed by atoms with Crippen molar-refractivity contribution < 1.29 is 4.42 Å². The fourth-order valence-corrected chi connectivity index (χ4v) is 3.90.